The molecule has 0 amide bonds. The fraction of sp³-hybridized carbons (Fsp3) is 0.222. The van der Waals surface area contributed by atoms with Crippen molar-refractivity contribution in [2.45, 2.75) is 5.57 Å². The van der Waals surface area contributed by atoms with E-state index in [0.29, 0.717) is 10.8 Å². The Morgan fingerprint density at radius 3 is 2.38 bits per heavy atom. The minimum absolute atomic E-state index is 0.0269. The Balaban J connectivity index is 2.64. The Labute approximate surface area is 102 Å². The van der Waals surface area contributed by atoms with Gasteiger partial charge >= 0.3 is 5.57 Å². The first-order chi connectivity index (χ1) is 7.40. The number of alkyl halides is 3. The lowest BCUT2D eigenvalue weighted by Crippen LogP contribution is -2.24. The van der Waals surface area contributed by atoms with E-state index >= 15 is 0 Å². The number of hydrogen-bond acceptors (Lipinski definition) is 2. The summed E-state index contributed by atoms with van der Waals surface area (Å²) in [5.41, 5.74) is -3.04. The third-order valence-corrected chi connectivity index (χ3v) is 1.96. The summed E-state index contributed by atoms with van der Waals surface area (Å²) in [4.78, 5) is 0. The number of anilines is 1. The van der Waals surface area contributed by atoms with E-state index in [1.165, 1.54) is 12.1 Å². The third-order valence-electron chi connectivity index (χ3n) is 1.57. The van der Waals surface area contributed by atoms with Crippen molar-refractivity contribution in [2.24, 2.45) is 0 Å². The standard InChI is InChI=1S/C9H9ClF2N2OS/c1-13-8(16)14-6-2-4-7(5-3-6)15-9(10,11)12/h2-5H,1H3,(H2,13,14,16). The van der Waals surface area contributed by atoms with Crippen molar-refractivity contribution >= 4 is 34.6 Å². The highest BCUT2D eigenvalue weighted by atomic mass is 35.5. The maximum absolute atomic E-state index is 12.3. The van der Waals surface area contributed by atoms with Gasteiger partial charge < -0.3 is 15.4 Å². The van der Waals surface area contributed by atoms with E-state index in [2.05, 4.69) is 27.0 Å². The van der Waals surface area contributed by atoms with Crippen molar-refractivity contribution in [1.29, 1.82) is 0 Å². The van der Waals surface area contributed by atoms with Crippen LogP contribution in [0.2, 0.25) is 0 Å². The Kier molecular flexibility index (Phi) is 4.26. The number of rotatable bonds is 3. The zero-order valence-electron chi connectivity index (χ0n) is 8.26. The first-order valence-corrected chi connectivity index (χ1v) is 5.04. The van der Waals surface area contributed by atoms with Crippen molar-refractivity contribution in [1.82, 2.24) is 5.32 Å². The van der Waals surface area contributed by atoms with Crippen LogP contribution in [0.5, 0.6) is 5.75 Å². The molecule has 1 aromatic carbocycles. The highest BCUT2D eigenvalue weighted by molar-refractivity contribution is 7.80. The van der Waals surface area contributed by atoms with Gasteiger partial charge in [0.2, 0.25) is 0 Å². The van der Waals surface area contributed by atoms with Gasteiger partial charge in [0.1, 0.15) is 5.75 Å². The highest BCUT2D eigenvalue weighted by Gasteiger charge is 2.27. The molecule has 0 aliphatic carbocycles. The van der Waals surface area contributed by atoms with Gasteiger partial charge in [0, 0.05) is 24.3 Å². The van der Waals surface area contributed by atoms with E-state index in [1.54, 1.807) is 19.2 Å². The third kappa shape index (κ3) is 4.59. The molecule has 0 fully saturated rings. The van der Waals surface area contributed by atoms with Gasteiger partial charge in [-0.25, -0.2) is 0 Å². The van der Waals surface area contributed by atoms with Gasteiger partial charge in [0.15, 0.2) is 5.11 Å². The summed E-state index contributed by atoms with van der Waals surface area (Å²) in [5.74, 6) is -0.0269. The molecule has 2 N–H and O–H groups in total. The molecule has 0 aromatic heterocycles. The highest BCUT2D eigenvalue weighted by Crippen LogP contribution is 2.25. The van der Waals surface area contributed by atoms with Crippen molar-refractivity contribution in [3.63, 3.8) is 0 Å². The monoisotopic (exact) mass is 266 g/mol. The minimum atomic E-state index is -3.70. The van der Waals surface area contributed by atoms with E-state index in [0.717, 1.165) is 0 Å². The fourth-order valence-corrected chi connectivity index (χ4v) is 1.14. The van der Waals surface area contributed by atoms with E-state index < -0.39 is 5.57 Å². The lowest BCUT2D eigenvalue weighted by Gasteiger charge is -2.11. The molecule has 16 heavy (non-hydrogen) atoms. The second kappa shape index (κ2) is 5.27. The molecule has 0 heterocycles. The smallest absolute Gasteiger partial charge is 0.420 e. The second-order valence-corrected chi connectivity index (χ2v) is 3.62. The predicted molar refractivity (Wildman–Crippen MR) is 63.2 cm³/mol. The summed E-state index contributed by atoms with van der Waals surface area (Å²) >= 11 is 9.48. The summed E-state index contributed by atoms with van der Waals surface area (Å²) in [6.07, 6.45) is 0. The van der Waals surface area contributed by atoms with E-state index in [4.69, 9.17) is 12.2 Å². The van der Waals surface area contributed by atoms with Gasteiger partial charge in [0.05, 0.1) is 0 Å². The van der Waals surface area contributed by atoms with Crippen LogP contribution in [-0.4, -0.2) is 17.7 Å². The van der Waals surface area contributed by atoms with Crippen LogP contribution in [-0.2, 0) is 0 Å². The van der Waals surface area contributed by atoms with Gasteiger partial charge in [0.25, 0.3) is 0 Å². The van der Waals surface area contributed by atoms with Gasteiger partial charge in [-0.3, -0.25) is 0 Å². The van der Waals surface area contributed by atoms with Crippen molar-refractivity contribution in [3.8, 4) is 5.75 Å². The summed E-state index contributed by atoms with van der Waals surface area (Å²) < 4.78 is 28.7. The van der Waals surface area contributed by atoms with E-state index in [-0.39, 0.29) is 5.75 Å². The summed E-state index contributed by atoms with van der Waals surface area (Å²) in [6, 6.07) is 5.80. The SMILES string of the molecule is CNC(=S)Nc1ccc(OC(F)(F)Cl)cc1. The van der Waals surface area contributed by atoms with Crippen molar-refractivity contribution in [2.75, 3.05) is 12.4 Å². The number of nitrogens with one attached hydrogen (secondary N) is 2. The predicted octanol–water partition coefficient (Wildman–Crippen LogP) is 2.77. The van der Waals surface area contributed by atoms with Gasteiger partial charge in [-0.2, -0.15) is 0 Å². The zero-order valence-corrected chi connectivity index (χ0v) is 9.83. The quantitative estimate of drug-likeness (QED) is 0.651. The number of halogens is 3. The van der Waals surface area contributed by atoms with Gasteiger partial charge in [-0.05, 0) is 36.5 Å². The fourth-order valence-electron chi connectivity index (χ4n) is 0.934. The molecule has 0 saturated heterocycles. The van der Waals surface area contributed by atoms with Crippen LogP contribution < -0.4 is 15.4 Å². The average molecular weight is 267 g/mol. The molecule has 0 aliphatic rings. The van der Waals surface area contributed by atoms with Gasteiger partial charge in [-0.1, -0.05) is 0 Å². The molecular formula is C9H9ClF2N2OS. The summed E-state index contributed by atoms with van der Waals surface area (Å²) in [5, 5.41) is 5.97. The molecule has 7 heteroatoms. The molecule has 3 nitrogen and oxygen atoms in total. The molecule has 0 aliphatic heterocycles. The van der Waals surface area contributed by atoms with Crippen molar-refractivity contribution < 1.29 is 13.5 Å². The van der Waals surface area contributed by atoms with Crippen LogP contribution in [0.25, 0.3) is 0 Å². The number of hydrogen-bond donors (Lipinski definition) is 2. The molecule has 0 unspecified atom stereocenters. The first-order valence-electron chi connectivity index (χ1n) is 4.25. The molecule has 0 radical (unpaired) electrons. The van der Waals surface area contributed by atoms with Crippen LogP contribution in [0, 0.1) is 0 Å². The molecule has 88 valence electrons. The molecule has 0 saturated carbocycles. The van der Waals surface area contributed by atoms with Crippen LogP contribution in [0.4, 0.5) is 14.5 Å². The van der Waals surface area contributed by atoms with Crippen LogP contribution in [0.15, 0.2) is 24.3 Å². The van der Waals surface area contributed by atoms with Crippen LogP contribution in [0.1, 0.15) is 0 Å². The Hall–Kier alpha value is -1.14. The molecule has 1 aromatic rings. The topological polar surface area (TPSA) is 33.3 Å². The Bertz CT molecular complexity index is 367. The zero-order chi connectivity index (χ0) is 12.2. The number of thiocarbonyl (C=S) groups is 1. The van der Waals surface area contributed by atoms with Gasteiger partial charge in [-0.15, -0.1) is 8.78 Å². The minimum Gasteiger partial charge on any atom is -0.420 e. The largest absolute Gasteiger partial charge is 0.487 e. The average Bonchev–Trinajstić information content (AvgIpc) is 2.18. The van der Waals surface area contributed by atoms with Crippen molar-refractivity contribution in [3.05, 3.63) is 24.3 Å². The number of benzene rings is 1. The molecular weight excluding hydrogens is 258 g/mol. The van der Waals surface area contributed by atoms with E-state index in [1.807, 2.05) is 0 Å². The summed E-state index contributed by atoms with van der Waals surface area (Å²) in [7, 11) is 1.67. The first kappa shape index (κ1) is 12.9. The molecule has 0 spiro atoms. The molecule has 1 rings (SSSR count). The Morgan fingerprint density at radius 1 is 1.38 bits per heavy atom. The van der Waals surface area contributed by atoms with E-state index in [9.17, 15) is 8.78 Å². The van der Waals surface area contributed by atoms with Crippen LogP contribution >= 0.6 is 23.8 Å². The summed E-state index contributed by atoms with van der Waals surface area (Å²) in [6.45, 7) is 0. The Morgan fingerprint density at radius 2 is 1.94 bits per heavy atom. The van der Waals surface area contributed by atoms with Crippen LogP contribution in [0.3, 0.4) is 0 Å². The molecule has 0 atom stereocenters. The molecule has 0 bridgehead atoms. The maximum Gasteiger partial charge on any atom is 0.487 e. The lowest BCUT2D eigenvalue weighted by molar-refractivity contribution is -0.0964. The number of ether oxygens (including phenoxy) is 1. The second-order valence-electron chi connectivity index (χ2n) is 2.78. The maximum atomic E-state index is 12.3. The lowest BCUT2D eigenvalue weighted by atomic mass is 10.3. The normalized spacial score (nSPS) is 10.8.